The fourth-order valence-electron chi connectivity index (χ4n) is 3.44. The molecule has 1 heterocycles. The molecule has 0 aliphatic carbocycles. The molecule has 2 atom stereocenters. The Kier molecular flexibility index (Phi) is 7.45. The van der Waals surface area contributed by atoms with Crippen LogP contribution in [0.25, 0.3) is 10.9 Å². The SMILES string of the molecule is CC(C)(C)[C@H](NC(=O)c1nn(Cc2ccc(F)cc2)c2ccccc12)C(=O)NC[C@@H](O)CO. The number of halogens is 1. The van der Waals surface area contributed by atoms with E-state index in [1.807, 2.05) is 32.9 Å². The molecule has 0 saturated carbocycles. The molecule has 8 nitrogen and oxygen atoms in total. The number of carbonyl (C=O) groups excluding carboxylic acids is 2. The van der Waals surface area contributed by atoms with Gasteiger partial charge in [-0.25, -0.2) is 4.39 Å². The van der Waals surface area contributed by atoms with Gasteiger partial charge in [0.25, 0.3) is 5.91 Å². The normalized spacial score (nSPS) is 13.5. The molecule has 2 amide bonds. The third-order valence-electron chi connectivity index (χ3n) is 5.24. The van der Waals surface area contributed by atoms with E-state index in [0.29, 0.717) is 11.9 Å². The molecule has 0 bridgehead atoms. The van der Waals surface area contributed by atoms with Crippen LogP contribution in [0.4, 0.5) is 4.39 Å². The van der Waals surface area contributed by atoms with E-state index in [0.717, 1.165) is 11.1 Å². The number of fused-ring (bicyclic) bond motifs is 1. The Morgan fingerprint density at radius 3 is 2.42 bits per heavy atom. The highest BCUT2D eigenvalue weighted by molar-refractivity contribution is 6.06. The Morgan fingerprint density at radius 1 is 1.12 bits per heavy atom. The highest BCUT2D eigenvalue weighted by Crippen LogP contribution is 2.23. The summed E-state index contributed by atoms with van der Waals surface area (Å²) in [5.74, 6) is -1.32. The largest absolute Gasteiger partial charge is 0.394 e. The van der Waals surface area contributed by atoms with E-state index in [-0.39, 0.29) is 18.1 Å². The number of carbonyl (C=O) groups is 2. The zero-order valence-corrected chi connectivity index (χ0v) is 18.9. The van der Waals surface area contributed by atoms with E-state index in [2.05, 4.69) is 15.7 Å². The first kappa shape index (κ1) is 24.3. The minimum absolute atomic E-state index is 0.132. The molecule has 176 valence electrons. The number of aliphatic hydroxyl groups excluding tert-OH is 2. The molecule has 33 heavy (non-hydrogen) atoms. The van der Waals surface area contributed by atoms with Gasteiger partial charge in [-0.05, 0) is 29.2 Å². The Morgan fingerprint density at radius 2 is 1.79 bits per heavy atom. The van der Waals surface area contributed by atoms with Crippen molar-refractivity contribution in [2.24, 2.45) is 5.41 Å². The second kappa shape index (κ2) is 10.1. The maximum absolute atomic E-state index is 13.3. The predicted octanol–water partition coefficient (Wildman–Crippen LogP) is 1.84. The number of amides is 2. The van der Waals surface area contributed by atoms with Crippen molar-refractivity contribution in [1.82, 2.24) is 20.4 Å². The number of nitrogens with zero attached hydrogens (tertiary/aromatic N) is 2. The fraction of sp³-hybridized carbons (Fsp3) is 0.375. The van der Waals surface area contributed by atoms with Crippen LogP contribution in [0.5, 0.6) is 0 Å². The summed E-state index contributed by atoms with van der Waals surface area (Å²) in [6.45, 7) is 5.16. The first-order chi connectivity index (χ1) is 15.6. The third-order valence-corrected chi connectivity index (χ3v) is 5.24. The molecular weight excluding hydrogens is 427 g/mol. The molecule has 3 rings (SSSR count). The molecule has 0 fully saturated rings. The van der Waals surface area contributed by atoms with Crippen molar-refractivity contribution in [1.29, 1.82) is 0 Å². The summed E-state index contributed by atoms with van der Waals surface area (Å²) in [4.78, 5) is 26.0. The van der Waals surface area contributed by atoms with Crippen LogP contribution in [-0.2, 0) is 11.3 Å². The third kappa shape index (κ3) is 5.94. The highest BCUT2D eigenvalue weighted by Gasteiger charge is 2.34. The van der Waals surface area contributed by atoms with Crippen molar-refractivity contribution in [2.45, 2.75) is 39.5 Å². The maximum atomic E-state index is 13.3. The lowest BCUT2D eigenvalue weighted by Gasteiger charge is -2.30. The van der Waals surface area contributed by atoms with Crippen molar-refractivity contribution < 1.29 is 24.2 Å². The van der Waals surface area contributed by atoms with Crippen LogP contribution in [0, 0.1) is 11.2 Å². The van der Waals surface area contributed by atoms with Gasteiger partial charge in [0, 0.05) is 11.9 Å². The van der Waals surface area contributed by atoms with E-state index >= 15 is 0 Å². The Labute approximate surface area is 191 Å². The average molecular weight is 457 g/mol. The summed E-state index contributed by atoms with van der Waals surface area (Å²) in [5, 5.41) is 28.9. The number of hydrogen-bond acceptors (Lipinski definition) is 5. The molecule has 0 aliphatic heterocycles. The van der Waals surface area contributed by atoms with Crippen molar-refractivity contribution in [3.63, 3.8) is 0 Å². The first-order valence-corrected chi connectivity index (χ1v) is 10.7. The van der Waals surface area contributed by atoms with Crippen LogP contribution in [0.1, 0.15) is 36.8 Å². The average Bonchev–Trinajstić information content (AvgIpc) is 3.14. The molecule has 1 aromatic heterocycles. The van der Waals surface area contributed by atoms with Gasteiger partial charge < -0.3 is 20.8 Å². The zero-order valence-electron chi connectivity index (χ0n) is 18.9. The van der Waals surface area contributed by atoms with Crippen molar-refractivity contribution in [2.75, 3.05) is 13.2 Å². The lowest BCUT2D eigenvalue weighted by atomic mass is 9.86. The molecule has 3 aromatic rings. The zero-order chi connectivity index (χ0) is 24.2. The Bertz CT molecular complexity index is 1120. The van der Waals surface area contributed by atoms with E-state index < -0.39 is 36.0 Å². The van der Waals surface area contributed by atoms with Crippen molar-refractivity contribution in [3.05, 3.63) is 65.6 Å². The fourth-order valence-corrected chi connectivity index (χ4v) is 3.44. The lowest BCUT2D eigenvalue weighted by Crippen LogP contribution is -2.54. The van der Waals surface area contributed by atoms with E-state index in [1.54, 1.807) is 28.9 Å². The van der Waals surface area contributed by atoms with Crippen LogP contribution in [0.3, 0.4) is 0 Å². The number of benzene rings is 2. The quantitative estimate of drug-likeness (QED) is 0.413. The smallest absolute Gasteiger partial charge is 0.273 e. The maximum Gasteiger partial charge on any atom is 0.273 e. The van der Waals surface area contributed by atoms with Crippen LogP contribution in [-0.4, -0.2) is 57.1 Å². The van der Waals surface area contributed by atoms with Gasteiger partial charge in [-0.3, -0.25) is 14.3 Å². The summed E-state index contributed by atoms with van der Waals surface area (Å²) >= 11 is 0. The minimum atomic E-state index is -1.09. The summed E-state index contributed by atoms with van der Waals surface area (Å²) in [5.41, 5.74) is 1.10. The second-order valence-electron chi connectivity index (χ2n) is 9.00. The van der Waals surface area contributed by atoms with Crippen LogP contribution in [0.15, 0.2) is 48.5 Å². The number of aromatic nitrogens is 2. The van der Waals surface area contributed by atoms with E-state index in [4.69, 9.17) is 5.11 Å². The molecule has 9 heteroatoms. The number of aliphatic hydroxyl groups is 2. The van der Waals surface area contributed by atoms with Crippen LogP contribution in [0.2, 0.25) is 0 Å². The standard InChI is InChI=1S/C24H29FN4O4/c1-24(2,3)21(23(33)26-12-17(31)14-30)27-22(32)20-18-6-4-5-7-19(18)29(28-20)13-15-8-10-16(25)11-9-15/h4-11,17,21,30-31H,12-14H2,1-3H3,(H,26,33)(H,27,32)/t17-,21-/m1/s1. The minimum Gasteiger partial charge on any atom is -0.394 e. The second-order valence-corrected chi connectivity index (χ2v) is 9.00. The van der Waals surface area contributed by atoms with Gasteiger partial charge in [0.2, 0.25) is 5.91 Å². The summed E-state index contributed by atoms with van der Waals surface area (Å²) in [6.07, 6.45) is -1.09. The molecule has 2 aromatic carbocycles. The molecular formula is C24H29FN4O4. The van der Waals surface area contributed by atoms with Gasteiger partial charge in [0.15, 0.2) is 5.69 Å². The van der Waals surface area contributed by atoms with Gasteiger partial charge in [0.05, 0.1) is 24.8 Å². The molecule has 0 spiro atoms. The number of rotatable bonds is 8. The van der Waals surface area contributed by atoms with E-state index in [9.17, 15) is 19.1 Å². The molecule has 0 aliphatic rings. The van der Waals surface area contributed by atoms with Gasteiger partial charge in [-0.15, -0.1) is 0 Å². The van der Waals surface area contributed by atoms with Crippen molar-refractivity contribution in [3.8, 4) is 0 Å². The van der Waals surface area contributed by atoms with Gasteiger partial charge in [-0.2, -0.15) is 5.10 Å². The highest BCUT2D eigenvalue weighted by atomic mass is 19.1. The van der Waals surface area contributed by atoms with Crippen LogP contribution >= 0.6 is 0 Å². The number of hydrogen-bond donors (Lipinski definition) is 4. The predicted molar refractivity (Wildman–Crippen MR) is 122 cm³/mol. The molecule has 0 radical (unpaired) electrons. The molecule has 0 saturated heterocycles. The lowest BCUT2D eigenvalue weighted by molar-refractivity contribution is -0.125. The summed E-state index contributed by atoms with van der Waals surface area (Å²) < 4.78 is 14.9. The topological polar surface area (TPSA) is 116 Å². The van der Waals surface area contributed by atoms with Crippen LogP contribution < -0.4 is 10.6 Å². The van der Waals surface area contributed by atoms with Gasteiger partial charge in [0.1, 0.15) is 11.9 Å². The van der Waals surface area contributed by atoms with Crippen molar-refractivity contribution >= 4 is 22.7 Å². The first-order valence-electron chi connectivity index (χ1n) is 10.7. The molecule has 4 N–H and O–H groups in total. The van der Waals surface area contributed by atoms with Gasteiger partial charge >= 0.3 is 0 Å². The monoisotopic (exact) mass is 456 g/mol. The summed E-state index contributed by atoms with van der Waals surface area (Å²) in [6, 6.07) is 12.4. The summed E-state index contributed by atoms with van der Waals surface area (Å²) in [7, 11) is 0. The number of nitrogens with one attached hydrogen (secondary N) is 2. The Balaban J connectivity index is 1.87. The van der Waals surface area contributed by atoms with E-state index in [1.165, 1.54) is 12.1 Å². The Hall–Kier alpha value is -3.30. The molecule has 0 unspecified atom stereocenters. The van der Waals surface area contributed by atoms with Gasteiger partial charge in [-0.1, -0.05) is 51.1 Å². The number of para-hydroxylation sites is 1.